The van der Waals surface area contributed by atoms with Crippen LogP contribution >= 0.6 is 0 Å². The maximum absolute atomic E-state index is 13.5. The number of ketones is 2. The number of hydrogen-bond donors (Lipinski definition) is 3. The molecular weight excluding hydrogens is 1410 g/mol. The molecule has 5 aromatic rings. The van der Waals surface area contributed by atoms with Crippen molar-refractivity contribution in [1.29, 1.82) is 0 Å². The maximum atomic E-state index is 13.5. The van der Waals surface area contributed by atoms with E-state index in [0.29, 0.717) is 72.1 Å². The number of carbonyl (C=O) groups excluding carboxylic acids is 10. The Balaban J connectivity index is 0.000000331. The van der Waals surface area contributed by atoms with E-state index < -0.39 is 86.9 Å². The number of fused-ring (bicyclic) bond motifs is 1. The van der Waals surface area contributed by atoms with E-state index in [4.69, 9.17) is 41.1 Å². The zero-order chi connectivity index (χ0) is 83.4. The fourth-order valence-electron chi connectivity index (χ4n) is 10.6. The van der Waals surface area contributed by atoms with E-state index in [0.717, 1.165) is 43.8 Å². The SMILES string of the molecule is CC(=O)c1ccc(OC(C)(C)C)cc1N.CC(C)(C)C(=O)ON1C(=O)CCC1=O.CC(C)(C)C1C2CCC#CCCC21.CC(C)(C)CC(=O)ON1C(=O)CCC1=O.CC(C)(C)Oc1ccc(C(=O)c2ccccc2)c(N)c1.CC(C)(C)Oc1ccc(C=O)c(N)c1.Cc1c(F)c(F)c(F)c(OC(=O)C(C)(C)C)c1F. The molecule has 6 N–H and O–H groups in total. The number of carbonyl (C=O) groups is 10. The minimum absolute atomic E-state index is 0.0326. The molecule has 4 aliphatic rings. The average molecular weight is 1520 g/mol. The van der Waals surface area contributed by atoms with E-state index in [9.17, 15) is 65.5 Å². The number of nitrogen functional groups attached to an aromatic ring is 3. The van der Waals surface area contributed by atoms with Crippen molar-refractivity contribution >= 4 is 76.5 Å². The third-order valence-corrected chi connectivity index (χ3v) is 15.7. The molecule has 3 fully saturated rings. The number of amides is 4. The molecule has 0 spiro atoms. The first-order valence-corrected chi connectivity index (χ1v) is 35.8. The minimum Gasteiger partial charge on any atom is -0.488 e. The third kappa shape index (κ3) is 31.2. The fourth-order valence-corrected chi connectivity index (χ4v) is 10.6. The standard InChI is InChI=1S/C17H19NO2.C13H20.C12H12F4O2.C12H17NO2.C11H15NO2.C10H15NO4.C9H13NO4/c1-17(2,3)20-13-9-10-14(15(18)11-13)16(19)12-7-5-4-6-8-12;1-13(2,3)12-10-8-6-4-5-7-9-11(10)12;1-5-6(13)8(15)9(16)10(7(5)14)18-11(17)12(2,3)4;1-8(14)10-6-5-9(7-11(10)13)15-12(2,3)4;1-11(2,3)14-9-5-4-8(7-13)10(12)6-9;1-10(2,3)6-9(14)15-11-7(12)4-5-8(11)13;1-9(2,3)8(13)14-10-6(11)4-5-7(10)12/h4-11H,18H2,1-3H3;10-12H,6-9H2,1-3H3;1-4H3;5-7H,13H2,1-4H3;4-7H,12H2,1-3H3;4-6H2,1-3H3;4-5H2,1-3H3. The lowest BCUT2D eigenvalue weighted by Crippen LogP contribution is -2.36. The molecule has 109 heavy (non-hydrogen) atoms. The van der Waals surface area contributed by atoms with E-state index >= 15 is 0 Å². The summed E-state index contributed by atoms with van der Waals surface area (Å²) in [7, 11) is 0. The predicted octanol–water partition coefficient (Wildman–Crippen LogP) is 17.2. The van der Waals surface area contributed by atoms with Gasteiger partial charge in [-0.2, -0.15) is 4.39 Å². The minimum atomic E-state index is -1.87. The highest BCUT2D eigenvalue weighted by molar-refractivity contribution is 6.12. The van der Waals surface area contributed by atoms with Crippen molar-refractivity contribution in [3.8, 4) is 34.8 Å². The van der Waals surface area contributed by atoms with Crippen LogP contribution in [0, 0.1) is 81.4 Å². The van der Waals surface area contributed by atoms with E-state index in [1.54, 1.807) is 87.5 Å². The van der Waals surface area contributed by atoms with E-state index in [-0.39, 0.29) is 65.9 Å². The number of hydrogen-bond acceptors (Lipinski definition) is 19. The largest absolute Gasteiger partial charge is 0.488 e. The number of anilines is 3. The van der Waals surface area contributed by atoms with Gasteiger partial charge in [-0.1, -0.05) is 71.9 Å². The van der Waals surface area contributed by atoms with Crippen molar-refractivity contribution in [2.24, 2.45) is 39.4 Å². The molecule has 2 aliphatic heterocycles. The van der Waals surface area contributed by atoms with Crippen LogP contribution < -0.4 is 36.1 Å². The lowest BCUT2D eigenvalue weighted by molar-refractivity contribution is -0.203. The van der Waals surface area contributed by atoms with Crippen LogP contribution in [0.15, 0.2) is 84.9 Å². The van der Waals surface area contributed by atoms with Gasteiger partial charge in [0.2, 0.25) is 11.6 Å². The number of hydroxylamine groups is 4. The Hall–Kier alpha value is -10.1. The molecule has 2 unspecified atom stereocenters. The van der Waals surface area contributed by atoms with Crippen LogP contribution in [0.3, 0.4) is 0 Å². The Morgan fingerprint density at radius 1 is 0.505 bits per heavy atom. The van der Waals surface area contributed by atoms with Crippen LogP contribution in [0.25, 0.3) is 0 Å². The summed E-state index contributed by atoms with van der Waals surface area (Å²) >= 11 is 0. The summed E-state index contributed by atoms with van der Waals surface area (Å²) in [5.41, 5.74) is 17.9. The van der Waals surface area contributed by atoms with Gasteiger partial charge in [-0.05, 0) is 196 Å². The summed E-state index contributed by atoms with van der Waals surface area (Å²) in [6.45, 7) is 42.2. The average Bonchev–Trinajstić information content (AvgIpc) is 1.60. The summed E-state index contributed by atoms with van der Waals surface area (Å²) in [4.78, 5) is 122. The Labute approximate surface area is 639 Å². The Morgan fingerprint density at radius 2 is 0.899 bits per heavy atom. The first-order valence-electron chi connectivity index (χ1n) is 35.8. The van der Waals surface area contributed by atoms with Crippen molar-refractivity contribution < 1.29 is 94.1 Å². The zero-order valence-corrected chi connectivity index (χ0v) is 67.4. The summed E-state index contributed by atoms with van der Waals surface area (Å²) < 4.78 is 74.3. The summed E-state index contributed by atoms with van der Waals surface area (Å²) in [6, 6.07) is 24.5. The first-order chi connectivity index (χ1) is 49.9. The quantitative estimate of drug-likeness (QED) is 0.0106. The second-order valence-corrected chi connectivity index (χ2v) is 33.8. The number of halogens is 4. The van der Waals surface area contributed by atoms with Crippen LogP contribution in [0.1, 0.15) is 252 Å². The molecule has 0 aromatic heterocycles. The number of ether oxygens (including phenoxy) is 4. The van der Waals surface area contributed by atoms with Crippen LogP contribution in [-0.2, 0) is 43.2 Å². The van der Waals surface area contributed by atoms with Gasteiger partial charge in [0.1, 0.15) is 34.1 Å². The summed E-state index contributed by atoms with van der Waals surface area (Å²) in [5, 5.41) is 1.14. The second kappa shape index (κ2) is 38.8. The highest BCUT2D eigenvalue weighted by Crippen LogP contribution is 2.60. The van der Waals surface area contributed by atoms with Crippen molar-refractivity contribution in [3.63, 3.8) is 0 Å². The molecular formula is C84H111F4N5O16. The molecule has 4 amide bonds. The Bertz CT molecular complexity index is 4080. The van der Waals surface area contributed by atoms with Gasteiger partial charge >= 0.3 is 17.9 Å². The molecule has 9 rings (SSSR count). The van der Waals surface area contributed by atoms with Gasteiger partial charge < -0.3 is 45.8 Å². The van der Waals surface area contributed by atoms with E-state index in [1.807, 2.05) is 101 Å². The Morgan fingerprint density at radius 3 is 1.26 bits per heavy atom. The number of aldehydes is 1. The van der Waals surface area contributed by atoms with Gasteiger partial charge in [0, 0.05) is 102 Å². The van der Waals surface area contributed by atoms with Gasteiger partial charge in [-0.15, -0.1) is 22.0 Å². The molecule has 2 atom stereocenters. The number of rotatable bonds is 11. The summed E-state index contributed by atoms with van der Waals surface area (Å²) in [5.74, 6) is -0.425. The van der Waals surface area contributed by atoms with Gasteiger partial charge in [-0.25, -0.2) is 22.8 Å². The Kier molecular flexibility index (Phi) is 33.1. The topological polar surface area (TPSA) is 311 Å². The smallest absolute Gasteiger partial charge is 0.338 e. The van der Waals surface area contributed by atoms with Crippen molar-refractivity contribution in [2.45, 2.75) is 234 Å². The second-order valence-electron chi connectivity index (χ2n) is 33.8. The molecule has 5 aromatic carbocycles. The number of benzene rings is 5. The van der Waals surface area contributed by atoms with Crippen LogP contribution in [0.4, 0.5) is 34.6 Å². The van der Waals surface area contributed by atoms with Crippen LogP contribution in [-0.4, -0.2) is 86.3 Å². The molecule has 2 saturated heterocycles. The molecule has 2 aliphatic carbocycles. The van der Waals surface area contributed by atoms with Crippen LogP contribution in [0.2, 0.25) is 0 Å². The monoisotopic (exact) mass is 1520 g/mol. The number of imide groups is 2. The molecule has 25 heteroatoms. The normalized spacial score (nSPS) is 16.0. The first kappa shape index (κ1) is 93.1. The lowest BCUT2D eigenvalue weighted by Gasteiger charge is -2.21. The number of esters is 1. The maximum Gasteiger partial charge on any atom is 0.338 e. The highest BCUT2D eigenvalue weighted by atomic mass is 19.2. The predicted molar refractivity (Wildman–Crippen MR) is 409 cm³/mol. The van der Waals surface area contributed by atoms with Gasteiger partial charge in [0.05, 0.1) is 17.3 Å². The van der Waals surface area contributed by atoms with Crippen LogP contribution in [0.5, 0.6) is 23.0 Å². The van der Waals surface area contributed by atoms with Crippen molar-refractivity contribution in [2.75, 3.05) is 17.2 Å². The van der Waals surface area contributed by atoms with Gasteiger partial charge in [0.15, 0.2) is 35.3 Å². The van der Waals surface area contributed by atoms with E-state index in [1.165, 1.54) is 40.5 Å². The number of nitrogens with two attached hydrogens (primary N) is 3. The van der Waals surface area contributed by atoms with Crippen molar-refractivity contribution in [1.82, 2.24) is 10.1 Å². The molecule has 21 nitrogen and oxygen atoms in total. The summed E-state index contributed by atoms with van der Waals surface area (Å²) in [6.07, 6.45) is 6.41. The lowest BCUT2D eigenvalue weighted by atomic mass is 9.87. The van der Waals surface area contributed by atoms with Gasteiger partial charge in [0.25, 0.3) is 23.6 Å². The molecule has 0 bridgehead atoms. The number of nitrogens with zero attached hydrogens (tertiary/aromatic N) is 2. The van der Waals surface area contributed by atoms with Crippen molar-refractivity contribution in [3.05, 3.63) is 136 Å². The molecule has 596 valence electrons. The molecule has 0 radical (unpaired) electrons. The molecule has 1 saturated carbocycles. The molecule has 2 heterocycles. The zero-order valence-electron chi connectivity index (χ0n) is 67.4. The fraction of sp³-hybridized carbons (Fsp3) is 0.500. The third-order valence-electron chi connectivity index (χ3n) is 15.7. The number of Topliss-reactive ketones (excluding diaryl/α,β-unsaturated/α-hetero) is 1. The van der Waals surface area contributed by atoms with E-state index in [2.05, 4.69) is 37.3 Å². The highest BCUT2D eigenvalue weighted by Gasteiger charge is 2.54. The van der Waals surface area contributed by atoms with Gasteiger partial charge in [-0.3, -0.25) is 38.4 Å².